The van der Waals surface area contributed by atoms with Gasteiger partial charge < -0.3 is 8.85 Å². The molecule has 0 bridgehead atoms. The van der Waals surface area contributed by atoms with E-state index in [9.17, 15) is 0 Å². The maximum atomic E-state index is 6.88. The Morgan fingerprint density at radius 3 is 1.38 bits per heavy atom. The van der Waals surface area contributed by atoms with Crippen molar-refractivity contribution in [2.24, 2.45) is 0 Å². The van der Waals surface area contributed by atoms with Crippen molar-refractivity contribution in [2.75, 3.05) is 13.2 Å². The van der Waals surface area contributed by atoms with E-state index in [-0.39, 0.29) is 0 Å². The first-order valence-corrected chi connectivity index (χ1v) is 19.3. The molecule has 0 heterocycles. The summed E-state index contributed by atoms with van der Waals surface area (Å²) in [6, 6.07) is 6.52. The Morgan fingerprint density at radius 1 is 0.531 bits per heavy atom. The Balaban J connectivity index is 5.57. The second-order valence-electron chi connectivity index (χ2n) is 10.1. The summed E-state index contributed by atoms with van der Waals surface area (Å²) in [5.41, 5.74) is 0. The first-order valence-electron chi connectivity index (χ1n) is 14.5. The molecule has 0 saturated heterocycles. The van der Waals surface area contributed by atoms with E-state index in [0.717, 1.165) is 19.6 Å². The van der Waals surface area contributed by atoms with Crippen molar-refractivity contribution in [1.82, 2.24) is 0 Å². The highest BCUT2D eigenvalue weighted by Gasteiger charge is 2.40. The molecule has 0 rings (SSSR count). The first-order chi connectivity index (χ1) is 15.5. The molecule has 0 amide bonds. The van der Waals surface area contributed by atoms with Crippen molar-refractivity contribution in [3.8, 4) is 0 Å². The normalized spacial score (nSPS) is 12.4. The van der Waals surface area contributed by atoms with Crippen LogP contribution in [0.2, 0.25) is 30.2 Å². The minimum absolute atomic E-state index is 0.941. The van der Waals surface area contributed by atoms with E-state index >= 15 is 0 Å². The summed E-state index contributed by atoms with van der Waals surface area (Å²) in [5, 5.41) is 1.51. The summed E-state index contributed by atoms with van der Waals surface area (Å²) in [7, 11) is -3.62. The average molecular weight is 485 g/mol. The monoisotopic (exact) mass is 484 g/mol. The molecule has 0 spiro atoms. The van der Waals surface area contributed by atoms with Crippen LogP contribution < -0.4 is 0 Å². The third-order valence-electron chi connectivity index (χ3n) is 7.15. The fraction of sp³-hybridized carbons (Fsp3) is 0.929. The summed E-state index contributed by atoms with van der Waals surface area (Å²) in [5.74, 6) is 0. The summed E-state index contributed by atoms with van der Waals surface area (Å²) < 4.78 is 13.7. The van der Waals surface area contributed by atoms with Crippen molar-refractivity contribution in [3.63, 3.8) is 0 Å². The fourth-order valence-electron chi connectivity index (χ4n) is 4.69. The van der Waals surface area contributed by atoms with Gasteiger partial charge in [0.15, 0.2) is 8.32 Å². The van der Waals surface area contributed by atoms with Crippen LogP contribution in [0.25, 0.3) is 0 Å². The molecule has 4 heteroatoms. The molecular weight excluding hydrogens is 424 g/mol. The van der Waals surface area contributed by atoms with Gasteiger partial charge in [-0.2, -0.15) is 0 Å². The van der Waals surface area contributed by atoms with Gasteiger partial charge in [0.05, 0.1) is 0 Å². The number of unbranched alkanes of at least 4 members (excludes halogenated alkanes) is 6. The maximum Gasteiger partial charge on any atom is 0.219 e. The lowest BCUT2D eigenvalue weighted by atomic mass is 10.4. The predicted octanol–water partition coefficient (Wildman–Crippen LogP) is 10.2. The van der Waals surface area contributed by atoms with Crippen LogP contribution in [0.15, 0.2) is 11.8 Å². The van der Waals surface area contributed by atoms with E-state index in [1.165, 1.54) is 112 Å². The predicted molar refractivity (Wildman–Crippen MR) is 151 cm³/mol. The van der Waals surface area contributed by atoms with Crippen LogP contribution in [-0.2, 0) is 8.85 Å². The van der Waals surface area contributed by atoms with Crippen LogP contribution >= 0.6 is 0 Å². The van der Waals surface area contributed by atoms with Gasteiger partial charge in [0.1, 0.15) is 0 Å². The molecular formula is C28H60O2Si2. The molecule has 0 aromatic carbocycles. The number of hydrogen-bond acceptors (Lipinski definition) is 2. The quantitative estimate of drug-likeness (QED) is 0.100. The Morgan fingerprint density at radius 2 is 0.938 bits per heavy atom. The zero-order chi connectivity index (χ0) is 24.1. The molecule has 0 fully saturated rings. The van der Waals surface area contributed by atoms with Crippen molar-refractivity contribution in [3.05, 3.63) is 11.8 Å². The topological polar surface area (TPSA) is 18.5 Å². The van der Waals surface area contributed by atoms with Crippen LogP contribution in [0, 0.1) is 0 Å². The van der Waals surface area contributed by atoms with Gasteiger partial charge in [-0.25, -0.2) is 0 Å². The van der Waals surface area contributed by atoms with Crippen LogP contribution in [0.3, 0.4) is 0 Å². The molecule has 0 aromatic heterocycles. The molecule has 0 unspecified atom stereocenters. The summed E-state index contributed by atoms with van der Waals surface area (Å²) in [4.78, 5) is 0. The highest BCUT2D eigenvalue weighted by atomic mass is 28.4. The second kappa shape index (κ2) is 20.5. The first kappa shape index (κ1) is 32.1. The van der Waals surface area contributed by atoms with Gasteiger partial charge in [0, 0.05) is 13.2 Å². The van der Waals surface area contributed by atoms with E-state index in [1.54, 1.807) is 0 Å². The van der Waals surface area contributed by atoms with Gasteiger partial charge in [-0.15, -0.1) is 6.58 Å². The van der Waals surface area contributed by atoms with Gasteiger partial charge in [-0.3, -0.25) is 0 Å². The molecule has 0 radical (unpaired) electrons. The summed E-state index contributed by atoms with van der Waals surface area (Å²) in [6.07, 6.45) is 16.3. The van der Waals surface area contributed by atoms with Crippen LogP contribution in [-0.4, -0.2) is 29.8 Å². The molecule has 2 nitrogen and oxygen atoms in total. The van der Waals surface area contributed by atoms with E-state index < -0.39 is 16.6 Å². The third-order valence-corrected chi connectivity index (χ3v) is 16.3. The van der Waals surface area contributed by atoms with Crippen LogP contribution in [0.5, 0.6) is 0 Å². The van der Waals surface area contributed by atoms with Gasteiger partial charge in [0.25, 0.3) is 0 Å². The SMILES string of the molecule is C=C(CC[Si](CCCC)(CCCC)OCCCC)[Si](CCCC)(CCCC)OCCCC. The van der Waals surface area contributed by atoms with Gasteiger partial charge in [0.2, 0.25) is 8.32 Å². The lowest BCUT2D eigenvalue weighted by Crippen LogP contribution is -2.43. The maximum absolute atomic E-state index is 6.88. The minimum atomic E-state index is -1.91. The number of allylic oxidation sites excluding steroid dienone is 1. The van der Waals surface area contributed by atoms with E-state index in [4.69, 9.17) is 15.4 Å². The highest BCUT2D eigenvalue weighted by molar-refractivity contribution is 6.81. The molecule has 0 N–H and O–H groups in total. The molecule has 0 aliphatic rings. The Labute approximate surface area is 205 Å². The van der Waals surface area contributed by atoms with Gasteiger partial charge >= 0.3 is 0 Å². The van der Waals surface area contributed by atoms with E-state index in [2.05, 4.69) is 41.5 Å². The van der Waals surface area contributed by atoms with Crippen molar-refractivity contribution in [1.29, 1.82) is 0 Å². The zero-order valence-electron chi connectivity index (χ0n) is 23.2. The Kier molecular flexibility index (Phi) is 20.5. The van der Waals surface area contributed by atoms with E-state index in [0.29, 0.717) is 0 Å². The van der Waals surface area contributed by atoms with Crippen molar-refractivity contribution >= 4 is 16.6 Å². The largest absolute Gasteiger partial charge is 0.417 e. The Hall–Kier alpha value is 0.0938. The smallest absolute Gasteiger partial charge is 0.219 e. The molecule has 0 atom stereocenters. The summed E-state index contributed by atoms with van der Waals surface area (Å²) >= 11 is 0. The molecule has 0 aromatic rings. The number of rotatable bonds is 24. The molecule has 0 saturated carbocycles. The molecule has 0 aliphatic carbocycles. The highest BCUT2D eigenvalue weighted by Crippen LogP contribution is 2.36. The molecule has 192 valence electrons. The second-order valence-corrected chi connectivity index (χ2v) is 18.2. The van der Waals surface area contributed by atoms with Gasteiger partial charge in [-0.05, 0) is 49.5 Å². The van der Waals surface area contributed by atoms with Crippen LogP contribution in [0.4, 0.5) is 0 Å². The van der Waals surface area contributed by atoms with Crippen molar-refractivity contribution < 1.29 is 8.85 Å². The third kappa shape index (κ3) is 13.1. The Bertz CT molecular complexity index is 423. The lowest BCUT2D eigenvalue weighted by molar-refractivity contribution is 0.285. The minimum Gasteiger partial charge on any atom is -0.417 e. The zero-order valence-corrected chi connectivity index (χ0v) is 25.2. The van der Waals surface area contributed by atoms with Crippen LogP contribution in [0.1, 0.15) is 125 Å². The average Bonchev–Trinajstić information content (AvgIpc) is 2.81. The van der Waals surface area contributed by atoms with E-state index in [1.807, 2.05) is 0 Å². The van der Waals surface area contributed by atoms with Crippen molar-refractivity contribution in [2.45, 2.75) is 155 Å². The standard InChI is InChI=1S/C28H60O2Si2/c1-8-14-21-29-31(23-16-10-3,24-17-11-4)27-20-28(7)32(25-18-12-5,26-19-13-6)30-22-15-9-2/h7-27H2,1-6H3. The number of hydrogen-bond donors (Lipinski definition) is 0. The lowest BCUT2D eigenvalue weighted by Gasteiger charge is -2.37. The van der Waals surface area contributed by atoms with Gasteiger partial charge in [-0.1, -0.05) is 111 Å². The fourth-order valence-corrected chi connectivity index (χ4v) is 13.9. The molecule has 0 aliphatic heterocycles. The molecule has 32 heavy (non-hydrogen) atoms. The summed E-state index contributed by atoms with van der Waals surface area (Å²) in [6.45, 7) is 20.6.